The Kier molecular flexibility index (Phi) is 4.69. The molecule has 0 aliphatic heterocycles. The first kappa shape index (κ1) is 13.7. The fourth-order valence-electron chi connectivity index (χ4n) is 1.48. The van der Waals surface area contributed by atoms with Crippen molar-refractivity contribution in [3.05, 3.63) is 33.8 Å². The Morgan fingerprint density at radius 1 is 1.47 bits per heavy atom. The van der Waals surface area contributed by atoms with E-state index in [1.807, 2.05) is 25.1 Å². The van der Waals surface area contributed by atoms with Crippen LogP contribution in [0.2, 0.25) is 0 Å². The van der Waals surface area contributed by atoms with Gasteiger partial charge in [0.05, 0.1) is 0 Å². The summed E-state index contributed by atoms with van der Waals surface area (Å²) in [7, 11) is 0. The molecule has 17 heavy (non-hydrogen) atoms. The molecule has 1 atom stereocenters. The molecule has 4 nitrogen and oxygen atoms in total. The maximum absolute atomic E-state index is 11.0. The van der Waals surface area contributed by atoms with Crippen molar-refractivity contribution >= 4 is 27.8 Å². The molecule has 0 aromatic heterocycles. The molecule has 0 radical (unpaired) electrons. The van der Waals surface area contributed by atoms with Gasteiger partial charge in [0.1, 0.15) is 6.04 Å². The minimum absolute atomic E-state index is 0.260. The van der Waals surface area contributed by atoms with Crippen molar-refractivity contribution in [3.63, 3.8) is 0 Å². The lowest BCUT2D eigenvalue weighted by atomic mass is 10.0. The second-order valence-electron chi connectivity index (χ2n) is 3.89. The molecule has 1 aromatic rings. The van der Waals surface area contributed by atoms with Gasteiger partial charge < -0.3 is 10.4 Å². The summed E-state index contributed by atoms with van der Waals surface area (Å²) in [5.74, 6) is -1.38. The molecule has 0 saturated carbocycles. The molecular formula is C12H14BrNO3. The van der Waals surface area contributed by atoms with E-state index in [0.29, 0.717) is 0 Å². The zero-order valence-corrected chi connectivity index (χ0v) is 11.2. The van der Waals surface area contributed by atoms with Crippen molar-refractivity contribution < 1.29 is 14.7 Å². The molecule has 1 rings (SSSR count). The predicted molar refractivity (Wildman–Crippen MR) is 67.8 cm³/mol. The number of benzene rings is 1. The van der Waals surface area contributed by atoms with Gasteiger partial charge in [-0.05, 0) is 24.1 Å². The van der Waals surface area contributed by atoms with Crippen LogP contribution in [0.15, 0.2) is 22.7 Å². The van der Waals surface area contributed by atoms with Gasteiger partial charge in [0.2, 0.25) is 5.91 Å². The summed E-state index contributed by atoms with van der Waals surface area (Å²) in [6.07, 6.45) is 0.260. The van der Waals surface area contributed by atoms with Gasteiger partial charge >= 0.3 is 5.97 Å². The number of hydrogen-bond donors (Lipinski definition) is 2. The van der Waals surface area contributed by atoms with Gasteiger partial charge in [-0.15, -0.1) is 0 Å². The lowest BCUT2D eigenvalue weighted by Gasteiger charge is -2.14. The number of nitrogens with one attached hydrogen (secondary N) is 1. The summed E-state index contributed by atoms with van der Waals surface area (Å²) in [4.78, 5) is 21.9. The van der Waals surface area contributed by atoms with Gasteiger partial charge in [-0.1, -0.05) is 28.1 Å². The van der Waals surface area contributed by atoms with Crippen LogP contribution in [0, 0.1) is 6.92 Å². The molecule has 92 valence electrons. The minimum atomic E-state index is -1.03. The molecule has 0 heterocycles. The quantitative estimate of drug-likeness (QED) is 0.892. The van der Waals surface area contributed by atoms with Crippen LogP contribution in [0.3, 0.4) is 0 Å². The molecule has 0 fully saturated rings. The zero-order chi connectivity index (χ0) is 13.0. The van der Waals surface area contributed by atoms with E-state index in [2.05, 4.69) is 21.2 Å². The lowest BCUT2D eigenvalue weighted by molar-refractivity contribution is -0.141. The van der Waals surface area contributed by atoms with E-state index >= 15 is 0 Å². The number of aryl methyl sites for hydroxylation is 1. The van der Waals surface area contributed by atoms with Crippen LogP contribution >= 0.6 is 15.9 Å². The van der Waals surface area contributed by atoms with E-state index in [-0.39, 0.29) is 12.3 Å². The number of carbonyl (C=O) groups excluding carboxylic acids is 1. The van der Waals surface area contributed by atoms with Gasteiger partial charge in [0, 0.05) is 17.8 Å². The summed E-state index contributed by atoms with van der Waals surface area (Å²) in [6, 6.07) is 4.79. The number of rotatable bonds is 4. The average molecular weight is 300 g/mol. The molecule has 0 spiro atoms. The van der Waals surface area contributed by atoms with Crippen molar-refractivity contribution in [2.75, 3.05) is 0 Å². The van der Waals surface area contributed by atoms with Gasteiger partial charge in [0.25, 0.3) is 0 Å². The summed E-state index contributed by atoms with van der Waals surface area (Å²) < 4.78 is 0.856. The number of amides is 1. The van der Waals surface area contributed by atoms with Gasteiger partial charge in [-0.3, -0.25) is 4.79 Å². The number of hydrogen-bond acceptors (Lipinski definition) is 2. The number of aliphatic carboxylic acids is 1. The van der Waals surface area contributed by atoms with Crippen LogP contribution in [0.25, 0.3) is 0 Å². The van der Waals surface area contributed by atoms with E-state index in [9.17, 15) is 9.59 Å². The molecule has 1 unspecified atom stereocenters. The first-order valence-corrected chi connectivity index (χ1v) is 5.94. The van der Waals surface area contributed by atoms with Crippen molar-refractivity contribution in [1.29, 1.82) is 0 Å². The minimum Gasteiger partial charge on any atom is -0.480 e. The molecule has 2 N–H and O–H groups in total. The summed E-state index contributed by atoms with van der Waals surface area (Å²) in [6.45, 7) is 3.26. The largest absolute Gasteiger partial charge is 0.480 e. The third-order valence-electron chi connectivity index (χ3n) is 2.31. The van der Waals surface area contributed by atoms with E-state index in [1.165, 1.54) is 6.92 Å². The number of carbonyl (C=O) groups is 2. The van der Waals surface area contributed by atoms with Gasteiger partial charge in [0.15, 0.2) is 0 Å². The smallest absolute Gasteiger partial charge is 0.326 e. The molecule has 5 heteroatoms. The van der Waals surface area contributed by atoms with Crippen LogP contribution in [-0.2, 0) is 16.0 Å². The Morgan fingerprint density at radius 3 is 2.59 bits per heavy atom. The third kappa shape index (κ3) is 4.19. The Morgan fingerprint density at radius 2 is 2.12 bits per heavy atom. The predicted octanol–water partition coefficient (Wildman–Crippen LogP) is 1.89. The fourth-order valence-corrected chi connectivity index (χ4v) is 2.14. The molecular weight excluding hydrogens is 286 g/mol. The van der Waals surface area contributed by atoms with Crippen LogP contribution in [0.4, 0.5) is 0 Å². The zero-order valence-electron chi connectivity index (χ0n) is 9.66. The van der Waals surface area contributed by atoms with Crippen molar-refractivity contribution in [2.24, 2.45) is 0 Å². The molecule has 0 aliphatic carbocycles. The van der Waals surface area contributed by atoms with Crippen LogP contribution in [-0.4, -0.2) is 23.0 Å². The lowest BCUT2D eigenvalue weighted by Crippen LogP contribution is -2.41. The molecule has 1 amide bonds. The number of carboxylic acid groups (broad SMARTS) is 1. The summed E-state index contributed by atoms with van der Waals surface area (Å²) in [5.41, 5.74) is 1.95. The Hall–Kier alpha value is -1.36. The molecule has 0 saturated heterocycles. The van der Waals surface area contributed by atoms with E-state index in [0.717, 1.165) is 15.6 Å². The summed E-state index contributed by atoms with van der Waals surface area (Å²) >= 11 is 3.39. The average Bonchev–Trinajstić information content (AvgIpc) is 2.19. The van der Waals surface area contributed by atoms with Crippen molar-refractivity contribution in [3.8, 4) is 0 Å². The highest BCUT2D eigenvalue weighted by molar-refractivity contribution is 9.10. The van der Waals surface area contributed by atoms with Crippen molar-refractivity contribution in [2.45, 2.75) is 26.3 Å². The highest BCUT2D eigenvalue weighted by Gasteiger charge is 2.19. The highest BCUT2D eigenvalue weighted by atomic mass is 79.9. The Bertz CT molecular complexity index is 445. The Labute approximate surface area is 108 Å². The maximum atomic E-state index is 11.0. The normalized spacial score (nSPS) is 11.9. The monoisotopic (exact) mass is 299 g/mol. The molecule has 0 aliphatic rings. The van der Waals surface area contributed by atoms with E-state index < -0.39 is 12.0 Å². The van der Waals surface area contributed by atoms with Gasteiger partial charge in [-0.2, -0.15) is 0 Å². The SMILES string of the molecule is CC(=O)NC(Cc1ccc(C)cc1Br)C(=O)O. The number of halogens is 1. The standard InChI is InChI=1S/C12H14BrNO3/c1-7-3-4-9(10(13)5-7)6-11(12(16)17)14-8(2)15/h3-5,11H,6H2,1-2H3,(H,14,15)(H,16,17). The van der Waals surface area contributed by atoms with Crippen molar-refractivity contribution in [1.82, 2.24) is 5.32 Å². The first-order chi connectivity index (χ1) is 7.90. The first-order valence-electron chi connectivity index (χ1n) is 5.15. The number of carboxylic acids is 1. The van der Waals surface area contributed by atoms with E-state index in [1.54, 1.807) is 0 Å². The fraction of sp³-hybridized carbons (Fsp3) is 0.333. The topological polar surface area (TPSA) is 66.4 Å². The third-order valence-corrected chi connectivity index (χ3v) is 3.05. The second-order valence-corrected chi connectivity index (χ2v) is 4.74. The van der Waals surface area contributed by atoms with Crippen LogP contribution in [0.1, 0.15) is 18.1 Å². The summed E-state index contributed by atoms with van der Waals surface area (Å²) in [5, 5.41) is 11.4. The van der Waals surface area contributed by atoms with E-state index in [4.69, 9.17) is 5.11 Å². The molecule has 1 aromatic carbocycles. The maximum Gasteiger partial charge on any atom is 0.326 e. The van der Waals surface area contributed by atoms with Crippen LogP contribution < -0.4 is 5.32 Å². The molecule has 0 bridgehead atoms. The Balaban J connectivity index is 2.86. The van der Waals surface area contributed by atoms with Gasteiger partial charge in [-0.25, -0.2) is 4.79 Å². The second kappa shape index (κ2) is 5.82. The highest BCUT2D eigenvalue weighted by Crippen LogP contribution is 2.19. The van der Waals surface area contributed by atoms with Crippen LogP contribution in [0.5, 0.6) is 0 Å².